The number of halogens is 4. The van der Waals surface area contributed by atoms with Gasteiger partial charge in [-0.3, -0.25) is 4.98 Å². The molecule has 2 heterocycles. The van der Waals surface area contributed by atoms with E-state index in [-0.39, 0.29) is 5.56 Å². The Bertz CT molecular complexity index is 399. The molecule has 1 saturated heterocycles. The highest BCUT2D eigenvalue weighted by atomic mass is 19.4. The molecule has 1 aromatic rings. The van der Waals surface area contributed by atoms with Crippen LogP contribution in [0.3, 0.4) is 0 Å². The highest BCUT2D eigenvalue weighted by Crippen LogP contribution is 2.39. The standard InChI is InChI=1S/C12H14F4N2/c13-11(8-2-1-4-17-6-8)9-7-18-5-3-10(9)12(14,15)16/h3,5,7-8,11,17H,1-2,4,6H2. The topological polar surface area (TPSA) is 24.9 Å². The van der Waals surface area contributed by atoms with Crippen molar-refractivity contribution in [3.63, 3.8) is 0 Å². The van der Waals surface area contributed by atoms with Crippen molar-refractivity contribution < 1.29 is 17.6 Å². The van der Waals surface area contributed by atoms with Gasteiger partial charge < -0.3 is 5.32 Å². The second-order valence-electron chi connectivity index (χ2n) is 4.47. The molecular formula is C12H14F4N2. The van der Waals surface area contributed by atoms with Gasteiger partial charge in [0.05, 0.1) is 5.56 Å². The maximum atomic E-state index is 14.2. The van der Waals surface area contributed by atoms with Crippen molar-refractivity contribution in [2.24, 2.45) is 5.92 Å². The van der Waals surface area contributed by atoms with E-state index < -0.39 is 23.8 Å². The van der Waals surface area contributed by atoms with Crippen LogP contribution >= 0.6 is 0 Å². The van der Waals surface area contributed by atoms with Crippen molar-refractivity contribution in [3.8, 4) is 0 Å². The summed E-state index contributed by atoms with van der Waals surface area (Å²) in [5.41, 5.74) is -1.27. The lowest BCUT2D eigenvalue weighted by Crippen LogP contribution is -2.32. The van der Waals surface area contributed by atoms with E-state index in [2.05, 4.69) is 10.3 Å². The minimum atomic E-state index is -4.54. The number of hydrogen-bond donors (Lipinski definition) is 1. The maximum Gasteiger partial charge on any atom is 0.416 e. The van der Waals surface area contributed by atoms with Gasteiger partial charge in [-0.1, -0.05) is 0 Å². The summed E-state index contributed by atoms with van der Waals surface area (Å²) in [7, 11) is 0. The van der Waals surface area contributed by atoms with Gasteiger partial charge in [-0.25, -0.2) is 4.39 Å². The Hall–Kier alpha value is -1.17. The molecule has 18 heavy (non-hydrogen) atoms. The average Bonchev–Trinajstić information content (AvgIpc) is 2.38. The van der Waals surface area contributed by atoms with E-state index in [9.17, 15) is 17.6 Å². The van der Waals surface area contributed by atoms with Crippen LogP contribution in [0.15, 0.2) is 18.5 Å². The van der Waals surface area contributed by atoms with Crippen molar-refractivity contribution in [3.05, 3.63) is 29.6 Å². The van der Waals surface area contributed by atoms with Gasteiger partial charge in [-0.15, -0.1) is 0 Å². The second kappa shape index (κ2) is 5.22. The summed E-state index contributed by atoms with van der Waals surface area (Å²) in [6.45, 7) is 1.20. The smallest absolute Gasteiger partial charge is 0.316 e. The van der Waals surface area contributed by atoms with Crippen LogP contribution in [0, 0.1) is 5.92 Å². The van der Waals surface area contributed by atoms with Gasteiger partial charge in [-0.2, -0.15) is 13.2 Å². The second-order valence-corrected chi connectivity index (χ2v) is 4.47. The molecule has 1 N–H and O–H groups in total. The Labute approximate surface area is 102 Å². The highest BCUT2D eigenvalue weighted by Gasteiger charge is 2.37. The van der Waals surface area contributed by atoms with Crippen molar-refractivity contribution in [2.75, 3.05) is 13.1 Å². The normalized spacial score (nSPS) is 22.8. The minimum Gasteiger partial charge on any atom is -0.316 e. The van der Waals surface area contributed by atoms with Gasteiger partial charge >= 0.3 is 6.18 Å². The van der Waals surface area contributed by atoms with Gasteiger partial charge in [0, 0.05) is 30.4 Å². The van der Waals surface area contributed by atoms with E-state index in [1.807, 2.05) is 0 Å². The first kappa shape index (κ1) is 13.3. The number of pyridine rings is 1. The van der Waals surface area contributed by atoms with Crippen molar-refractivity contribution in [1.29, 1.82) is 0 Å². The molecule has 2 rings (SSSR count). The van der Waals surface area contributed by atoms with E-state index in [0.29, 0.717) is 13.0 Å². The molecule has 0 bridgehead atoms. The number of nitrogens with one attached hydrogen (secondary N) is 1. The fraction of sp³-hybridized carbons (Fsp3) is 0.583. The molecule has 0 aromatic carbocycles. The molecule has 1 aromatic heterocycles. The summed E-state index contributed by atoms with van der Waals surface area (Å²) in [5.74, 6) is -0.413. The van der Waals surface area contributed by atoms with E-state index in [1.165, 1.54) is 0 Å². The van der Waals surface area contributed by atoms with Gasteiger partial charge in [0.15, 0.2) is 0 Å². The molecule has 0 amide bonds. The fourth-order valence-corrected chi connectivity index (χ4v) is 2.27. The number of aromatic nitrogens is 1. The Morgan fingerprint density at radius 1 is 1.39 bits per heavy atom. The summed E-state index contributed by atoms with van der Waals surface area (Å²) < 4.78 is 52.5. The van der Waals surface area contributed by atoms with Crippen LogP contribution in [0.5, 0.6) is 0 Å². The predicted octanol–water partition coefficient (Wildman–Crippen LogP) is 3.11. The van der Waals surface area contributed by atoms with Gasteiger partial charge in [-0.05, 0) is 25.5 Å². The average molecular weight is 262 g/mol. The van der Waals surface area contributed by atoms with Crippen LogP contribution in [0.4, 0.5) is 17.6 Å². The molecule has 2 atom stereocenters. The highest BCUT2D eigenvalue weighted by molar-refractivity contribution is 5.29. The van der Waals surface area contributed by atoms with E-state index in [4.69, 9.17) is 0 Å². The molecule has 0 saturated carbocycles. The lowest BCUT2D eigenvalue weighted by molar-refractivity contribution is -0.139. The van der Waals surface area contributed by atoms with Crippen LogP contribution in [-0.2, 0) is 6.18 Å². The number of rotatable bonds is 2. The number of alkyl halides is 4. The van der Waals surface area contributed by atoms with E-state index in [0.717, 1.165) is 31.4 Å². The molecule has 0 spiro atoms. The van der Waals surface area contributed by atoms with Crippen molar-refractivity contribution >= 4 is 0 Å². The largest absolute Gasteiger partial charge is 0.416 e. The van der Waals surface area contributed by atoms with Crippen LogP contribution in [0.1, 0.15) is 30.1 Å². The monoisotopic (exact) mass is 262 g/mol. The molecule has 1 aliphatic heterocycles. The Morgan fingerprint density at radius 3 is 2.78 bits per heavy atom. The fourth-order valence-electron chi connectivity index (χ4n) is 2.27. The summed E-state index contributed by atoms with van der Waals surface area (Å²) in [5, 5.41) is 3.00. The number of nitrogens with zero attached hydrogens (tertiary/aromatic N) is 1. The molecule has 1 aliphatic rings. The SMILES string of the molecule is FC(c1cnccc1C(F)(F)F)C1CCCNC1. The molecule has 2 nitrogen and oxygen atoms in total. The first-order valence-electron chi connectivity index (χ1n) is 5.86. The Morgan fingerprint density at radius 2 is 2.17 bits per heavy atom. The molecule has 0 radical (unpaired) electrons. The zero-order valence-corrected chi connectivity index (χ0v) is 9.67. The predicted molar refractivity (Wildman–Crippen MR) is 58.7 cm³/mol. The molecule has 6 heteroatoms. The van der Waals surface area contributed by atoms with Crippen molar-refractivity contribution in [2.45, 2.75) is 25.2 Å². The van der Waals surface area contributed by atoms with Crippen LogP contribution in [0.2, 0.25) is 0 Å². The third kappa shape index (κ3) is 2.80. The zero-order chi connectivity index (χ0) is 13.2. The first-order chi connectivity index (χ1) is 8.50. The lowest BCUT2D eigenvalue weighted by atomic mass is 9.89. The van der Waals surface area contributed by atoms with Crippen LogP contribution in [0.25, 0.3) is 0 Å². The van der Waals surface area contributed by atoms with Crippen molar-refractivity contribution in [1.82, 2.24) is 10.3 Å². The lowest BCUT2D eigenvalue weighted by Gasteiger charge is -2.27. The zero-order valence-electron chi connectivity index (χ0n) is 9.67. The molecule has 0 aliphatic carbocycles. The maximum absolute atomic E-state index is 14.2. The number of hydrogen-bond acceptors (Lipinski definition) is 2. The first-order valence-corrected chi connectivity index (χ1v) is 5.86. The summed E-state index contributed by atoms with van der Waals surface area (Å²) in [4.78, 5) is 3.61. The minimum absolute atomic E-state index is 0.348. The van der Waals surface area contributed by atoms with Crippen LogP contribution in [-0.4, -0.2) is 18.1 Å². The van der Waals surface area contributed by atoms with Gasteiger partial charge in [0.25, 0.3) is 0 Å². The van der Waals surface area contributed by atoms with E-state index in [1.54, 1.807) is 0 Å². The van der Waals surface area contributed by atoms with E-state index >= 15 is 0 Å². The quantitative estimate of drug-likeness (QED) is 0.828. The summed E-state index contributed by atoms with van der Waals surface area (Å²) in [6.07, 6.45) is -2.75. The summed E-state index contributed by atoms with van der Waals surface area (Å²) in [6, 6.07) is 0.832. The third-order valence-corrected chi connectivity index (χ3v) is 3.20. The molecular weight excluding hydrogens is 248 g/mol. The molecule has 100 valence electrons. The van der Waals surface area contributed by atoms with Crippen LogP contribution < -0.4 is 5.32 Å². The Balaban J connectivity index is 2.26. The number of piperidine rings is 1. The molecule has 2 unspecified atom stereocenters. The third-order valence-electron chi connectivity index (χ3n) is 3.20. The van der Waals surface area contributed by atoms with Gasteiger partial charge in [0.2, 0.25) is 0 Å². The molecule has 1 fully saturated rings. The van der Waals surface area contributed by atoms with Gasteiger partial charge in [0.1, 0.15) is 6.17 Å². The Kier molecular flexibility index (Phi) is 3.85. The summed E-state index contributed by atoms with van der Waals surface area (Å²) >= 11 is 0.